The maximum absolute atomic E-state index is 13.2. The summed E-state index contributed by atoms with van der Waals surface area (Å²) >= 11 is 5.88. The van der Waals surface area contributed by atoms with Crippen LogP contribution in [0.5, 0.6) is 5.75 Å². The van der Waals surface area contributed by atoms with Crippen molar-refractivity contribution in [3.05, 3.63) is 106 Å². The molecule has 0 saturated heterocycles. The van der Waals surface area contributed by atoms with Crippen LogP contribution in [0.1, 0.15) is 16.7 Å². The van der Waals surface area contributed by atoms with Gasteiger partial charge in [-0.15, -0.1) is 0 Å². The van der Waals surface area contributed by atoms with Gasteiger partial charge >= 0.3 is 5.97 Å². The first-order valence-electron chi connectivity index (χ1n) is 8.83. The lowest BCUT2D eigenvalue weighted by atomic mass is 10.0. The van der Waals surface area contributed by atoms with Gasteiger partial charge in [0.05, 0.1) is 5.57 Å². The number of hydrogen-bond acceptors (Lipinski definition) is 4. The molecule has 29 heavy (non-hydrogen) atoms. The summed E-state index contributed by atoms with van der Waals surface area (Å²) in [6, 6.07) is 20.5. The van der Waals surface area contributed by atoms with Crippen molar-refractivity contribution in [2.24, 2.45) is 5.16 Å². The van der Waals surface area contributed by atoms with Crippen LogP contribution in [0.3, 0.4) is 0 Å². The number of rotatable bonds is 5. The Morgan fingerprint density at radius 1 is 0.966 bits per heavy atom. The monoisotopic (exact) mass is 407 g/mol. The Labute approximate surface area is 171 Å². The summed E-state index contributed by atoms with van der Waals surface area (Å²) in [4.78, 5) is 16.9. The van der Waals surface area contributed by atoms with Crippen LogP contribution in [0.25, 0.3) is 6.08 Å². The van der Waals surface area contributed by atoms with E-state index < -0.39 is 5.97 Å². The Morgan fingerprint density at radius 3 is 2.34 bits per heavy atom. The average Bonchev–Trinajstić information content (AvgIpc) is 3.09. The molecule has 0 amide bonds. The van der Waals surface area contributed by atoms with Crippen molar-refractivity contribution in [3.8, 4) is 5.75 Å². The first-order chi connectivity index (χ1) is 14.1. The maximum atomic E-state index is 13.2. The lowest BCUT2D eigenvalue weighted by molar-refractivity contribution is -0.136. The summed E-state index contributed by atoms with van der Waals surface area (Å²) < 4.78 is 18.9. The van der Waals surface area contributed by atoms with Crippen molar-refractivity contribution in [3.63, 3.8) is 0 Å². The molecule has 3 aromatic rings. The van der Waals surface area contributed by atoms with Gasteiger partial charge in [-0.25, -0.2) is 9.18 Å². The number of carbonyl (C=O) groups is 1. The van der Waals surface area contributed by atoms with Crippen molar-refractivity contribution >= 4 is 29.4 Å². The SMILES string of the molecule is O=C1ON=C(c2ccc(F)cc2)/C1=C/c1ccc(OCc2ccc(Cl)cc2)cc1. The normalized spacial score (nSPS) is 14.6. The third-order valence-electron chi connectivity index (χ3n) is 4.32. The molecule has 0 aromatic heterocycles. The number of carbonyl (C=O) groups excluding carboxylic acids is 1. The van der Waals surface area contributed by atoms with E-state index in [1.807, 2.05) is 48.5 Å². The molecule has 0 unspecified atom stereocenters. The molecule has 0 fully saturated rings. The zero-order valence-electron chi connectivity index (χ0n) is 15.1. The molecule has 144 valence electrons. The molecule has 3 aromatic carbocycles. The second-order valence-corrected chi connectivity index (χ2v) is 6.80. The third-order valence-corrected chi connectivity index (χ3v) is 4.57. The Balaban J connectivity index is 1.48. The maximum Gasteiger partial charge on any atom is 0.368 e. The second kappa shape index (κ2) is 8.29. The van der Waals surface area contributed by atoms with Crippen LogP contribution in [0.2, 0.25) is 5.02 Å². The van der Waals surface area contributed by atoms with Gasteiger partial charge in [0.25, 0.3) is 0 Å². The minimum atomic E-state index is -0.549. The number of ether oxygens (including phenoxy) is 1. The Bertz CT molecular complexity index is 1090. The van der Waals surface area contributed by atoms with Crippen LogP contribution in [0.15, 0.2) is 83.5 Å². The van der Waals surface area contributed by atoms with E-state index in [2.05, 4.69) is 5.16 Å². The number of nitrogens with zero attached hydrogens (tertiary/aromatic N) is 1. The third kappa shape index (κ3) is 4.52. The molecule has 0 atom stereocenters. The summed E-state index contributed by atoms with van der Waals surface area (Å²) in [5.41, 5.74) is 3.08. The van der Waals surface area contributed by atoms with Crippen LogP contribution >= 0.6 is 11.6 Å². The van der Waals surface area contributed by atoms with Crippen molar-refractivity contribution < 1.29 is 18.8 Å². The lowest BCUT2D eigenvalue weighted by Crippen LogP contribution is -2.06. The zero-order valence-corrected chi connectivity index (χ0v) is 15.9. The van der Waals surface area contributed by atoms with Crippen molar-refractivity contribution in [2.45, 2.75) is 6.61 Å². The molecular formula is C23H15ClFNO3. The fourth-order valence-corrected chi connectivity index (χ4v) is 2.93. The number of halogens is 2. The van der Waals surface area contributed by atoms with E-state index in [1.54, 1.807) is 18.2 Å². The van der Waals surface area contributed by atoms with Crippen molar-refractivity contribution in [1.82, 2.24) is 0 Å². The van der Waals surface area contributed by atoms with Crippen LogP contribution < -0.4 is 4.74 Å². The Kier molecular flexibility index (Phi) is 5.40. The standard InChI is InChI=1S/C23H15ClFNO3/c24-18-7-1-16(2-8-18)14-28-20-11-3-15(4-12-20)13-21-22(26-29-23(21)27)17-5-9-19(25)10-6-17/h1-13H,14H2/b21-13-. The van der Waals surface area contributed by atoms with Crippen LogP contribution in [0.4, 0.5) is 4.39 Å². The number of oxime groups is 1. The van der Waals surface area contributed by atoms with Crippen molar-refractivity contribution in [2.75, 3.05) is 0 Å². The van der Waals surface area contributed by atoms with E-state index in [1.165, 1.54) is 12.1 Å². The van der Waals surface area contributed by atoms with Gasteiger partial charge in [-0.1, -0.05) is 41.0 Å². The topological polar surface area (TPSA) is 47.9 Å². The highest BCUT2D eigenvalue weighted by Gasteiger charge is 2.26. The second-order valence-electron chi connectivity index (χ2n) is 6.37. The summed E-state index contributed by atoms with van der Waals surface area (Å²) in [7, 11) is 0. The summed E-state index contributed by atoms with van der Waals surface area (Å²) in [6.45, 7) is 0.422. The first-order valence-corrected chi connectivity index (χ1v) is 9.21. The summed E-state index contributed by atoms with van der Waals surface area (Å²) in [5, 5.41) is 4.50. The van der Waals surface area contributed by atoms with Gasteiger partial charge in [-0.05, 0) is 65.7 Å². The van der Waals surface area contributed by atoms with Crippen LogP contribution in [-0.4, -0.2) is 11.7 Å². The molecule has 0 radical (unpaired) electrons. The highest BCUT2D eigenvalue weighted by Crippen LogP contribution is 2.22. The van der Waals surface area contributed by atoms with Gasteiger partial charge in [0, 0.05) is 10.6 Å². The van der Waals surface area contributed by atoms with E-state index in [0.29, 0.717) is 34.2 Å². The van der Waals surface area contributed by atoms with Gasteiger partial charge in [-0.3, -0.25) is 0 Å². The molecule has 4 rings (SSSR count). The van der Waals surface area contributed by atoms with Gasteiger partial charge < -0.3 is 9.57 Å². The van der Waals surface area contributed by atoms with E-state index >= 15 is 0 Å². The summed E-state index contributed by atoms with van der Waals surface area (Å²) in [6.07, 6.45) is 1.68. The molecular weight excluding hydrogens is 393 g/mol. The molecule has 4 nitrogen and oxygen atoms in total. The molecule has 0 saturated carbocycles. The van der Waals surface area contributed by atoms with Crippen LogP contribution in [-0.2, 0) is 16.2 Å². The highest BCUT2D eigenvalue weighted by molar-refractivity contribution is 6.31. The minimum Gasteiger partial charge on any atom is -0.489 e. The molecule has 1 heterocycles. The quantitative estimate of drug-likeness (QED) is 0.420. The highest BCUT2D eigenvalue weighted by atomic mass is 35.5. The molecule has 1 aliphatic heterocycles. The smallest absolute Gasteiger partial charge is 0.368 e. The molecule has 0 N–H and O–H groups in total. The largest absolute Gasteiger partial charge is 0.489 e. The summed E-state index contributed by atoms with van der Waals surface area (Å²) in [5.74, 6) is -0.213. The van der Waals surface area contributed by atoms with Gasteiger partial charge in [0.2, 0.25) is 0 Å². The van der Waals surface area contributed by atoms with E-state index in [-0.39, 0.29) is 5.82 Å². The lowest BCUT2D eigenvalue weighted by Gasteiger charge is -2.07. The fourth-order valence-electron chi connectivity index (χ4n) is 2.80. The Hall–Kier alpha value is -3.44. The van der Waals surface area contributed by atoms with E-state index in [4.69, 9.17) is 21.2 Å². The molecule has 1 aliphatic rings. The molecule has 6 heteroatoms. The zero-order chi connectivity index (χ0) is 20.2. The minimum absolute atomic E-state index is 0.312. The van der Waals surface area contributed by atoms with Gasteiger partial charge in [0.15, 0.2) is 0 Å². The van der Waals surface area contributed by atoms with Crippen molar-refractivity contribution in [1.29, 1.82) is 0 Å². The van der Waals surface area contributed by atoms with Gasteiger partial charge in [-0.2, -0.15) is 0 Å². The van der Waals surface area contributed by atoms with E-state index in [9.17, 15) is 9.18 Å². The molecule has 0 aliphatic carbocycles. The first kappa shape index (κ1) is 18.9. The predicted molar refractivity (Wildman–Crippen MR) is 109 cm³/mol. The molecule has 0 spiro atoms. The number of hydrogen-bond donors (Lipinski definition) is 0. The predicted octanol–water partition coefficient (Wildman–Crippen LogP) is 5.40. The number of benzene rings is 3. The average molecular weight is 408 g/mol. The Morgan fingerprint density at radius 2 is 1.66 bits per heavy atom. The van der Waals surface area contributed by atoms with Gasteiger partial charge in [0.1, 0.15) is 23.9 Å². The fraction of sp³-hybridized carbons (Fsp3) is 0.0435. The molecule has 0 bridgehead atoms. The van der Waals surface area contributed by atoms with Crippen LogP contribution in [0, 0.1) is 5.82 Å². The van der Waals surface area contributed by atoms with E-state index in [0.717, 1.165) is 11.1 Å².